The topological polar surface area (TPSA) is 93.4 Å². The lowest BCUT2D eigenvalue weighted by molar-refractivity contribution is -0.122. The van der Waals surface area contributed by atoms with Gasteiger partial charge in [0.1, 0.15) is 17.9 Å². The number of benzene rings is 2. The molecule has 0 aliphatic carbocycles. The van der Waals surface area contributed by atoms with E-state index in [-0.39, 0.29) is 22.7 Å². The molecule has 0 saturated carbocycles. The van der Waals surface area contributed by atoms with Crippen LogP contribution >= 0.6 is 11.6 Å². The Morgan fingerprint density at radius 1 is 1.37 bits per heavy atom. The van der Waals surface area contributed by atoms with Gasteiger partial charge < -0.3 is 15.8 Å². The average Bonchev–Trinajstić information content (AvgIpc) is 2.74. The Hall–Kier alpha value is -2.97. The van der Waals surface area contributed by atoms with Crippen molar-refractivity contribution in [1.82, 2.24) is 14.9 Å². The SMILES string of the molecule is COc1cc2ncnc(Nc3cccc(Cl)c3F)c2cc1CCN(C)[C@H](C)C(N)=O. The molecule has 0 saturated heterocycles. The van der Waals surface area contributed by atoms with Crippen molar-refractivity contribution in [3.8, 4) is 5.75 Å². The minimum atomic E-state index is -0.554. The van der Waals surface area contributed by atoms with E-state index in [0.29, 0.717) is 35.4 Å². The standard InChI is InChI=1S/C21H23ClFN5O2/c1-12(20(24)29)28(2)8-7-13-9-14-17(10-18(13)30-3)25-11-26-21(14)27-16-6-4-5-15(22)19(16)23/h4-6,9-12H,7-8H2,1-3H3,(H2,24,29)(H,25,26,27)/t12-/m1/s1. The van der Waals surface area contributed by atoms with Gasteiger partial charge in [-0.25, -0.2) is 14.4 Å². The van der Waals surface area contributed by atoms with Crippen molar-refractivity contribution < 1.29 is 13.9 Å². The van der Waals surface area contributed by atoms with Gasteiger partial charge in [0.05, 0.1) is 29.4 Å². The molecular formula is C21H23ClFN5O2. The summed E-state index contributed by atoms with van der Waals surface area (Å²) in [4.78, 5) is 21.8. The monoisotopic (exact) mass is 431 g/mol. The zero-order valence-electron chi connectivity index (χ0n) is 16.9. The Labute approximate surface area is 179 Å². The molecule has 3 N–H and O–H groups in total. The number of carbonyl (C=O) groups excluding carboxylic acids is 1. The molecule has 0 fully saturated rings. The summed E-state index contributed by atoms with van der Waals surface area (Å²) < 4.78 is 19.9. The van der Waals surface area contributed by atoms with Gasteiger partial charge in [0.2, 0.25) is 5.91 Å². The number of aromatic nitrogens is 2. The molecule has 3 aromatic rings. The third kappa shape index (κ3) is 4.60. The van der Waals surface area contributed by atoms with Gasteiger partial charge in [-0.15, -0.1) is 0 Å². The number of likely N-dealkylation sites (N-methyl/N-ethyl adjacent to an activating group) is 1. The molecule has 158 valence electrons. The Kier molecular flexibility index (Phi) is 6.69. The minimum absolute atomic E-state index is 0.0207. The van der Waals surface area contributed by atoms with E-state index in [0.717, 1.165) is 5.56 Å². The molecule has 1 amide bonds. The summed E-state index contributed by atoms with van der Waals surface area (Å²) >= 11 is 5.88. The number of hydrogen-bond donors (Lipinski definition) is 2. The fourth-order valence-corrected chi connectivity index (χ4v) is 3.22. The number of nitrogens with one attached hydrogen (secondary N) is 1. The number of amides is 1. The van der Waals surface area contributed by atoms with Crippen molar-refractivity contribution >= 4 is 39.9 Å². The van der Waals surface area contributed by atoms with Gasteiger partial charge in [-0.2, -0.15) is 0 Å². The van der Waals surface area contributed by atoms with Crippen LogP contribution in [0.4, 0.5) is 15.9 Å². The predicted octanol–water partition coefficient (Wildman–Crippen LogP) is 3.52. The van der Waals surface area contributed by atoms with Crippen molar-refractivity contribution in [2.45, 2.75) is 19.4 Å². The fraction of sp³-hybridized carbons (Fsp3) is 0.286. The van der Waals surface area contributed by atoms with Crippen molar-refractivity contribution in [2.24, 2.45) is 5.73 Å². The molecule has 0 unspecified atom stereocenters. The summed E-state index contributed by atoms with van der Waals surface area (Å²) in [6.45, 7) is 2.35. The lowest BCUT2D eigenvalue weighted by atomic mass is 10.1. The average molecular weight is 432 g/mol. The van der Waals surface area contributed by atoms with E-state index in [1.807, 2.05) is 24.1 Å². The van der Waals surface area contributed by atoms with E-state index in [4.69, 9.17) is 22.1 Å². The number of ether oxygens (including phenoxy) is 1. The number of nitrogens with zero attached hydrogens (tertiary/aromatic N) is 3. The number of primary amides is 1. The molecule has 0 spiro atoms. The van der Waals surface area contributed by atoms with Crippen LogP contribution in [0, 0.1) is 5.82 Å². The van der Waals surface area contributed by atoms with Crippen molar-refractivity contribution in [3.63, 3.8) is 0 Å². The lowest BCUT2D eigenvalue weighted by Crippen LogP contribution is -2.41. The largest absolute Gasteiger partial charge is 0.496 e. The molecule has 0 aliphatic heterocycles. The molecule has 0 aliphatic rings. The van der Waals surface area contributed by atoms with Gasteiger partial charge in [0.15, 0.2) is 5.82 Å². The molecule has 7 nitrogen and oxygen atoms in total. The van der Waals surface area contributed by atoms with E-state index in [1.54, 1.807) is 26.2 Å². The quantitative estimate of drug-likeness (QED) is 0.566. The molecular weight excluding hydrogens is 409 g/mol. The van der Waals surface area contributed by atoms with Crippen LogP contribution < -0.4 is 15.8 Å². The Balaban J connectivity index is 1.95. The first-order valence-electron chi connectivity index (χ1n) is 9.34. The first kappa shape index (κ1) is 21.7. The van der Waals surface area contributed by atoms with Gasteiger partial charge in [-0.05, 0) is 44.2 Å². The highest BCUT2D eigenvalue weighted by Crippen LogP contribution is 2.31. The molecule has 1 atom stereocenters. The summed E-state index contributed by atoms with van der Waals surface area (Å²) in [5.41, 5.74) is 7.15. The van der Waals surface area contributed by atoms with Crippen LogP contribution in [-0.2, 0) is 11.2 Å². The number of carbonyl (C=O) groups is 1. The third-order valence-corrected chi connectivity index (χ3v) is 5.34. The van der Waals surface area contributed by atoms with Crippen LogP contribution in [0.25, 0.3) is 10.9 Å². The van der Waals surface area contributed by atoms with Crippen LogP contribution in [-0.4, -0.2) is 47.5 Å². The molecule has 0 bridgehead atoms. The number of fused-ring (bicyclic) bond motifs is 1. The molecule has 3 rings (SSSR count). The summed E-state index contributed by atoms with van der Waals surface area (Å²) in [6, 6.07) is 8.04. The zero-order valence-corrected chi connectivity index (χ0v) is 17.7. The van der Waals surface area contributed by atoms with Crippen molar-refractivity contribution in [3.05, 3.63) is 53.1 Å². The number of anilines is 2. The highest BCUT2D eigenvalue weighted by Gasteiger charge is 2.17. The van der Waals surface area contributed by atoms with Crippen LogP contribution in [0.5, 0.6) is 5.75 Å². The van der Waals surface area contributed by atoms with E-state index in [2.05, 4.69) is 15.3 Å². The second-order valence-electron chi connectivity index (χ2n) is 6.94. The second-order valence-corrected chi connectivity index (χ2v) is 7.35. The van der Waals surface area contributed by atoms with Crippen molar-refractivity contribution in [2.75, 3.05) is 26.0 Å². The second kappa shape index (κ2) is 9.23. The molecule has 1 heterocycles. The highest BCUT2D eigenvalue weighted by molar-refractivity contribution is 6.31. The van der Waals surface area contributed by atoms with E-state index in [9.17, 15) is 9.18 Å². The van der Waals surface area contributed by atoms with Crippen molar-refractivity contribution in [1.29, 1.82) is 0 Å². The lowest BCUT2D eigenvalue weighted by Gasteiger charge is -2.22. The number of nitrogens with two attached hydrogens (primary N) is 1. The number of methoxy groups -OCH3 is 1. The van der Waals surface area contributed by atoms with E-state index in [1.165, 1.54) is 12.4 Å². The predicted molar refractivity (Wildman–Crippen MR) is 116 cm³/mol. The first-order chi connectivity index (χ1) is 14.3. The first-order valence-corrected chi connectivity index (χ1v) is 9.71. The maximum Gasteiger partial charge on any atom is 0.234 e. The summed E-state index contributed by atoms with van der Waals surface area (Å²) in [5.74, 6) is 0.179. The van der Waals surface area contributed by atoms with Gasteiger partial charge in [0, 0.05) is 18.0 Å². The molecule has 1 aromatic heterocycles. The maximum absolute atomic E-state index is 14.3. The van der Waals surface area contributed by atoms with E-state index >= 15 is 0 Å². The van der Waals surface area contributed by atoms with Crippen LogP contribution in [0.2, 0.25) is 5.02 Å². The summed E-state index contributed by atoms with van der Waals surface area (Å²) in [6.07, 6.45) is 2.00. The summed E-state index contributed by atoms with van der Waals surface area (Å²) in [5, 5.41) is 3.72. The van der Waals surface area contributed by atoms with Gasteiger partial charge in [0.25, 0.3) is 0 Å². The highest BCUT2D eigenvalue weighted by atomic mass is 35.5. The Bertz CT molecular complexity index is 1080. The normalized spacial score (nSPS) is 12.2. The molecule has 30 heavy (non-hydrogen) atoms. The maximum atomic E-state index is 14.3. The molecule has 9 heteroatoms. The van der Waals surface area contributed by atoms with Gasteiger partial charge >= 0.3 is 0 Å². The molecule has 0 radical (unpaired) electrons. The van der Waals surface area contributed by atoms with Crippen LogP contribution in [0.3, 0.4) is 0 Å². The zero-order chi connectivity index (χ0) is 21.8. The number of rotatable bonds is 8. The Morgan fingerprint density at radius 2 is 2.13 bits per heavy atom. The number of halogens is 2. The van der Waals surface area contributed by atoms with Gasteiger partial charge in [-0.3, -0.25) is 9.69 Å². The van der Waals surface area contributed by atoms with Crippen LogP contribution in [0.15, 0.2) is 36.7 Å². The summed E-state index contributed by atoms with van der Waals surface area (Å²) in [7, 11) is 3.42. The van der Waals surface area contributed by atoms with E-state index < -0.39 is 5.82 Å². The number of hydrogen-bond acceptors (Lipinski definition) is 6. The smallest absolute Gasteiger partial charge is 0.234 e. The fourth-order valence-electron chi connectivity index (χ4n) is 3.05. The third-order valence-electron chi connectivity index (χ3n) is 5.05. The van der Waals surface area contributed by atoms with Crippen LogP contribution in [0.1, 0.15) is 12.5 Å². The van der Waals surface area contributed by atoms with Gasteiger partial charge in [-0.1, -0.05) is 17.7 Å². The molecule has 2 aromatic carbocycles. The minimum Gasteiger partial charge on any atom is -0.496 e. The Morgan fingerprint density at radius 3 is 2.83 bits per heavy atom.